The van der Waals surface area contributed by atoms with Crippen LogP contribution < -0.4 is 5.73 Å². The molecule has 126 valence electrons. The molecular formula is C20H16BrNO2S. The van der Waals surface area contributed by atoms with Gasteiger partial charge in [0, 0.05) is 14.3 Å². The summed E-state index contributed by atoms with van der Waals surface area (Å²) in [7, 11) is 1.31. The highest BCUT2D eigenvalue weighted by Gasteiger charge is 2.07. The van der Waals surface area contributed by atoms with Crippen LogP contribution in [0.15, 0.2) is 80.6 Å². The number of rotatable bonds is 4. The molecule has 0 heterocycles. The molecule has 0 bridgehead atoms. The Hall–Kier alpha value is -2.24. The van der Waals surface area contributed by atoms with Gasteiger partial charge in [-0.05, 0) is 46.7 Å². The number of fused-ring (bicyclic) bond motifs is 1. The lowest BCUT2D eigenvalue weighted by atomic mass is 10.1. The zero-order chi connectivity index (χ0) is 17.8. The van der Waals surface area contributed by atoms with Gasteiger partial charge in [0.1, 0.15) is 5.70 Å². The van der Waals surface area contributed by atoms with E-state index in [1.807, 2.05) is 30.3 Å². The average molecular weight is 414 g/mol. The second kappa shape index (κ2) is 7.76. The number of carbonyl (C=O) groups is 1. The lowest BCUT2D eigenvalue weighted by Gasteiger charge is -2.07. The predicted molar refractivity (Wildman–Crippen MR) is 106 cm³/mol. The summed E-state index contributed by atoms with van der Waals surface area (Å²) in [6.07, 6.45) is 1.60. The summed E-state index contributed by atoms with van der Waals surface area (Å²) in [5.74, 6) is -0.540. The highest BCUT2D eigenvalue weighted by molar-refractivity contribution is 9.10. The number of nitrogens with two attached hydrogens (primary N) is 1. The van der Waals surface area contributed by atoms with Crippen molar-refractivity contribution in [2.45, 2.75) is 9.79 Å². The van der Waals surface area contributed by atoms with E-state index in [4.69, 9.17) is 5.73 Å². The maximum absolute atomic E-state index is 11.4. The molecule has 0 radical (unpaired) electrons. The van der Waals surface area contributed by atoms with E-state index in [1.165, 1.54) is 22.8 Å². The van der Waals surface area contributed by atoms with Gasteiger partial charge in [0.25, 0.3) is 0 Å². The Morgan fingerprint density at radius 1 is 1.04 bits per heavy atom. The molecule has 3 nitrogen and oxygen atoms in total. The molecule has 0 saturated carbocycles. The third-order valence-corrected chi connectivity index (χ3v) is 5.33. The normalized spacial score (nSPS) is 11.5. The fourth-order valence-electron chi connectivity index (χ4n) is 2.40. The Bertz CT molecular complexity index is 969. The van der Waals surface area contributed by atoms with E-state index in [-0.39, 0.29) is 5.70 Å². The first-order chi connectivity index (χ1) is 12.1. The zero-order valence-electron chi connectivity index (χ0n) is 13.5. The third-order valence-electron chi connectivity index (χ3n) is 3.66. The van der Waals surface area contributed by atoms with Gasteiger partial charge in [-0.1, -0.05) is 64.1 Å². The van der Waals surface area contributed by atoms with E-state index >= 15 is 0 Å². The molecule has 0 fully saturated rings. The molecular weight excluding hydrogens is 398 g/mol. The molecule has 0 unspecified atom stereocenters. The molecule has 0 spiro atoms. The Kier molecular flexibility index (Phi) is 5.46. The van der Waals surface area contributed by atoms with Crippen LogP contribution in [0.1, 0.15) is 5.56 Å². The maximum atomic E-state index is 11.4. The van der Waals surface area contributed by atoms with E-state index in [2.05, 4.69) is 51.0 Å². The van der Waals surface area contributed by atoms with Gasteiger partial charge in [0.05, 0.1) is 7.11 Å². The summed E-state index contributed by atoms with van der Waals surface area (Å²) >= 11 is 5.22. The van der Waals surface area contributed by atoms with E-state index in [0.717, 1.165) is 14.9 Å². The number of halogens is 1. The summed E-state index contributed by atoms with van der Waals surface area (Å²) in [5, 5.41) is 2.45. The van der Waals surface area contributed by atoms with Crippen LogP contribution in [0.3, 0.4) is 0 Å². The Balaban J connectivity index is 1.83. The molecule has 3 rings (SSSR count). The first-order valence-electron chi connectivity index (χ1n) is 7.58. The molecule has 0 atom stereocenters. The van der Waals surface area contributed by atoms with Gasteiger partial charge in [0.2, 0.25) is 0 Å². The second-order valence-electron chi connectivity index (χ2n) is 5.39. The molecule has 2 N–H and O–H groups in total. The SMILES string of the molecule is COC(=O)/C(N)=C/c1ccc(Sc2ccc3ccccc3c2)cc1Br. The van der Waals surface area contributed by atoms with Crippen LogP contribution >= 0.6 is 27.7 Å². The largest absolute Gasteiger partial charge is 0.464 e. The van der Waals surface area contributed by atoms with Gasteiger partial charge in [0.15, 0.2) is 0 Å². The number of ether oxygens (including phenoxy) is 1. The Morgan fingerprint density at radius 3 is 2.44 bits per heavy atom. The summed E-state index contributed by atoms with van der Waals surface area (Å²) in [6, 6.07) is 20.6. The molecule has 5 heteroatoms. The van der Waals surface area contributed by atoms with E-state index in [1.54, 1.807) is 17.8 Å². The molecule has 0 aliphatic carbocycles. The van der Waals surface area contributed by atoms with Crippen molar-refractivity contribution in [3.05, 3.63) is 76.4 Å². The Labute approximate surface area is 159 Å². The van der Waals surface area contributed by atoms with E-state index in [0.29, 0.717) is 0 Å². The van der Waals surface area contributed by atoms with Crippen LogP contribution in [-0.2, 0) is 9.53 Å². The average Bonchev–Trinajstić information content (AvgIpc) is 2.63. The standard InChI is InChI=1S/C20H16BrNO2S/c1-24-20(23)19(22)11-15-7-9-17(12-18(15)21)25-16-8-6-13-4-2-3-5-14(13)10-16/h2-12H,22H2,1H3/b19-11-. The minimum absolute atomic E-state index is 0.0677. The summed E-state index contributed by atoms with van der Waals surface area (Å²) in [5.41, 5.74) is 6.60. The predicted octanol–water partition coefficient (Wildman–Crippen LogP) is 5.23. The number of esters is 1. The summed E-state index contributed by atoms with van der Waals surface area (Å²) < 4.78 is 5.48. The molecule has 3 aromatic carbocycles. The molecule has 3 aromatic rings. The molecule has 0 amide bonds. The first-order valence-corrected chi connectivity index (χ1v) is 9.19. The zero-order valence-corrected chi connectivity index (χ0v) is 15.9. The first kappa shape index (κ1) is 17.6. The van der Waals surface area contributed by atoms with Crippen molar-refractivity contribution in [1.82, 2.24) is 0 Å². The number of carbonyl (C=O) groups excluding carboxylic acids is 1. The van der Waals surface area contributed by atoms with Gasteiger partial charge in [-0.15, -0.1) is 0 Å². The van der Waals surface area contributed by atoms with Gasteiger partial charge >= 0.3 is 5.97 Å². The molecule has 25 heavy (non-hydrogen) atoms. The van der Waals surface area contributed by atoms with Crippen molar-refractivity contribution in [3.63, 3.8) is 0 Å². The van der Waals surface area contributed by atoms with Gasteiger partial charge in [-0.3, -0.25) is 0 Å². The van der Waals surface area contributed by atoms with Crippen molar-refractivity contribution in [2.24, 2.45) is 5.73 Å². The van der Waals surface area contributed by atoms with Crippen LogP contribution in [0.4, 0.5) is 0 Å². The maximum Gasteiger partial charge on any atom is 0.353 e. The number of hydrogen-bond donors (Lipinski definition) is 1. The van der Waals surface area contributed by atoms with Crippen LogP contribution in [-0.4, -0.2) is 13.1 Å². The van der Waals surface area contributed by atoms with Crippen molar-refractivity contribution in [3.8, 4) is 0 Å². The lowest BCUT2D eigenvalue weighted by Crippen LogP contribution is -2.12. The molecule has 0 aliphatic heterocycles. The van der Waals surface area contributed by atoms with Crippen molar-refractivity contribution >= 4 is 50.5 Å². The lowest BCUT2D eigenvalue weighted by molar-refractivity contribution is -0.136. The number of hydrogen-bond acceptors (Lipinski definition) is 4. The van der Waals surface area contributed by atoms with Crippen molar-refractivity contribution < 1.29 is 9.53 Å². The second-order valence-corrected chi connectivity index (χ2v) is 7.39. The van der Waals surface area contributed by atoms with Gasteiger partial charge in [-0.25, -0.2) is 4.79 Å². The molecule has 0 aromatic heterocycles. The van der Waals surface area contributed by atoms with Crippen LogP contribution in [0.2, 0.25) is 0 Å². The topological polar surface area (TPSA) is 52.3 Å². The highest BCUT2D eigenvalue weighted by Crippen LogP contribution is 2.33. The fraction of sp³-hybridized carbons (Fsp3) is 0.0500. The van der Waals surface area contributed by atoms with Crippen LogP contribution in [0.25, 0.3) is 16.8 Å². The van der Waals surface area contributed by atoms with Crippen molar-refractivity contribution in [1.29, 1.82) is 0 Å². The van der Waals surface area contributed by atoms with Gasteiger partial charge < -0.3 is 10.5 Å². The number of benzene rings is 3. The quantitative estimate of drug-likeness (QED) is 0.470. The number of methoxy groups -OCH3 is 1. The third kappa shape index (κ3) is 4.24. The highest BCUT2D eigenvalue weighted by atomic mass is 79.9. The van der Waals surface area contributed by atoms with E-state index < -0.39 is 5.97 Å². The molecule has 0 saturated heterocycles. The van der Waals surface area contributed by atoms with Crippen molar-refractivity contribution in [2.75, 3.05) is 7.11 Å². The van der Waals surface area contributed by atoms with Gasteiger partial charge in [-0.2, -0.15) is 0 Å². The Morgan fingerprint density at radius 2 is 1.72 bits per heavy atom. The monoisotopic (exact) mass is 413 g/mol. The van der Waals surface area contributed by atoms with E-state index in [9.17, 15) is 4.79 Å². The minimum Gasteiger partial charge on any atom is -0.464 e. The summed E-state index contributed by atoms with van der Waals surface area (Å²) in [6.45, 7) is 0. The molecule has 0 aliphatic rings. The van der Waals surface area contributed by atoms with Crippen LogP contribution in [0, 0.1) is 0 Å². The summed E-state index contributed by atoms with van der Waals surface area (Å²) in [4.78, 5) is 13.7. The smallest absolute Gasteiger partial charge is 0.353 e. The minimum atomic E-state index is -0.540. The fourth-order valence-corrected chi connectivity index (χ4v) is 3.95. The van der Waals surface area contributed by atoms with Crippen LogP contribution in [0.5, 0.6) is 0 Å².